The average molecular weight is 215 g/mol. The Kier molecular flexibility index (Phi) is 2.98. The van der Waals surface area contributed by atoms with Crippen LogP contribution in [0.25, 0.3) is 0 Å². The minimum absolute atomic E-state index is 0.355. The zero-order valence-electron chi connectivity index (χ0n) is 9.61. The third-order valence-corrected chi connectivity index (χ3v) is 3.65. The molecule has 1 aliphatic rings. The molecule has 2 rings (SSSR count). The molecule has 0 aliphatic heterocycles. The smallest absolute Gasteiger partial charge is 0.105 e. The summed E-state index contributed by atoms with van der Waals surface area (Å²) in [5, 5.41) is 19.8. The number of nitrogens with zero attached hydrogens (tertiary/aromatic N) is 1. The highest BCUT2D eigenvalue weighted by atomic mass is 16.3. The highest BCUT2D eigenvalue weighted by molar-refractivity contribution is 5.35. The van der Waals surface area contributed by atoms with Gasteiger partial charge in [-0.2, -0.15) is 5.26 Å². The van der Waals surface area contributed by atoms with Crippen molar-refractivity contribution in [3.63, 3.8) is 0 Å². The molecule has 2 heteroatoms. The summed E-state index contributed by atoms with van der Waals surface area (Å²) in [6, 6.07) is 10.2. The molecule has 0 fully saturated rings. The van der Waals surface area contributed by atoms with Crippen LogP contribution in [-0.2, 0) is 12.0 Å². The van der Waals surface area contributed by atoms with Crippen molar-refractivity contribution < 1.29 is 5.11 Å². The first-order valence-electron chi connectivity index (χ1n) is 5.89. The summed E-state index contributed by atoms with van der Waals surface area (Å²) in [5.41, 5.74) is 1.20. The molecule has 84 valence electrons. The van der Waals surface area contributed by atoms with E-state index in [4.69, 9.17) is 5.26 Å². The van der Waals surface area contributed by atoms with Gasteiger partial charge in [0.15, 0.2) is 0 Å². The van der Waals surface area contributed by atoms with Gasteiger partial charge in [0, 0.05) is 0 Å². The summed E-state index contributed by atoms with van der Waals surface area (Å²) in [7, 11) is 0. The van der Waals surface area contributed by atoms with Gasteiger partial charge in [-0.15, -0.1) is 0 Å². The number of benzene rings is 1. The Labute approximate surface area is 96.5 Å². The number of hydrogen-bond acceptors (Lipinski definition) is 2. The van der Waals surface area contributed by atoms with Crippen molar-refractivity contribution in [3.8, 4) is 6.07 Å². The van der Waals surface area contributed by atoms with Crippen LogP contribution in [0.1, 0.15) is 37.3 Å². The molecule has 1 aromatic carbocycles. The molecule has 2 nitrogen and oxygen atoms in total. The van der Waals surface area contributed by atoms with Gasteiger partial charge in [-0.3, -0.25) is 0 Å². The van der Waals surface area contributed by atoms with Crippen molar-refractivity contribution in [2.45, 2.75) is 38.2 Å². The Morgan fingerprint density at radius 3 is 2.88 bits per heavy atom. The van der Waals surface area contributed by atoms with E-state index in [1.54, 1.807) is 0 Å². The number of aryl methyl sites for hydroxylation is 1. The second-order valence-corrected chi connectivity index (χ2v) is 4.64. The first-order chi connectivity index (χ1) is 7.68. The van der Waals surface area contributed by atoms with Crippen molar-refractivity contribution in [3.05, 3.63) is 35.4 Å². The fourth-order valence-electron chi connectivity index (χ4n) is 2.56. The molecule has 0 saturated carbocycles. The van der Waals surface area contributed by atoms with Gasteiger partial charge in [-0.25, -0.2) is 0 Å². The summed E-state index contributed by atoms with van der Waals surface area (Å²) in [4.78, 5) is 0. The maximum atomic E-state index is 10.7. The van der Waals surface area contributed by atoms with Gasteiger partial charge in [0.05, 0.1) is 12.0 Å². The summed E-state index contributed by atoms with van der Waals surface area (Å²) in [6.07, 6.45) is 3.78. The van der Waals surface area contributed by atoms with Gasteiger partial charge in [-0.05, 0) is 43.7 Å². The summed E-state index contributed by atoms with van der Waals surface area (Å²) < 4.78 is 0. The van der Waals surface area contributed by atoms with E-state index in [1.807, 2.05) is 25.1 Å². The molecule has 1 N–H and O–H groups in total. The first-order valence-corrected chi connectivity index (χ1v) is 5.89. The van der Waals surface area contributed by atoms with Crippen molar-refractivity contribution in [1.29, 1.82) is 5.26 Å². The van der Waals surface area contributed by atoms with Crippen LogP contribution in [0.2, 0.25) is 0 Å². The highest BCUT2D eigenvalue weighted by Crippen LogP contribution is 2.39. The van der Waals surface area contributed by atoms with Gasteiger partial charge in [0.2, 0.25) is 0 Å². The molecule has 2 atom stereocenters. The van der Waals surface area contributed by atoms with Gasteiger partial charge in [0.1, 0.15) is 5.60 Å². The number of fused-ring (bicyclic) bond motifs is 1. The topological polar surface area (TPSA) is 44.0 Å². The largest absolute Gasteiger partial charge is 0.384 e. The van der Waals surface area contributed by atoms with Crippen LogP contribution >= 0.6 is 0 Å². The third kappa shape index (κ3) is 1.72. The lowest BCUT2D eigenvalue weighted by Gasteiger charge is -2.31. The molecular formula is C14H17NO. The van der Waals surface area contributed by atoms with Crippen LogP contribution in [-0.4, -0.2) is 5.11 Å². The van der Waals surface area contributed by atoms with Crippen LogP contribution in [0.4, 0.5) is 0 Å². The van der Waals surface area contributed by atoms with Crippen molar-refractivity contribution in [2.24, 2.45) is 5.92 Å². The molecule has 2 unspecified atom stereocenters. The average Bonchev–Trinajstić information content (AvgIpc) is 2.49. The first kappa shape index (κ1) is 11.2. The Morgan fingerprint density at radius 2 is 2.12 bits per heavy atom. The second-order valence-electron chi connectivity index (χ2n) is 4.64. The summed E-state index contributed by atoms with van der Waals surface area (Å²) >= 11 is 0. The molecule has 0 saturated heterocycles. The quantitative estimate of drug-likeness (QED) is 0.732. The molecule has 16 heavy (non-hydrogen) atoms. The van der Waals surface area contributed by atoms with Gasteiger partial charge in [-0.1, -0.05) is 24.3 Å². The molecule has 0 amide bonds. The van der Waals surface area contributed by atoms with Crippen molar-refractivity contribution in [2.75, 3.05) is 0 Å². The fraction of sp³-hybridized carbons (Fsp3) is 0.500. The Balaban J connectivity index is 2.51. The lowest BCUT2D eigenvalue weighted by atomic mass is 9.79. The van der Waals surface area contributed by atoms with Gasteiger partial charge in [0.25, 0.3) is 0 Å². The lowest BCUT2D eigenvalue weighted by Crippen LogP contribution is -2.33. The number of hydrogen-bond donors (Lipinski definition) is 1. The van der Waals surface area contributed by atoms with Crippen LogP contribution in [0.5, 0.6) is 0 Å². The van der Waals surface area contributed by atoms with E-state index >= 15 is 0 Å². The van der Waals surface area contributed by atoms with E-state index < -0.39 is 5.60 Å². The Morgan fingerprint density at radius 1 is 1.38 bits per heavy atom. The monoisotopic (exact) mass is 215 g/mol. The number of aliphatic hydroxyl groups is 1. The molecule has 1 aromatic rings. The minimum Gasteiger partial charge on any atom is -0.384 e. The van der Waals surface area contributed by atoms with Crippen LogP contribution in [0.3, 0.4) is 0 Å². The highest BCUT2D eigenvalue weighted by Gasteiger charge is 2.38. The SMILES string of the molecule is CC(C#N)C1(O)CCCCc2ccccc21. The van der Waals surface area contributed by atoms with E-state index in [2.05, 4.69) is 12.1 Å². The second kappa shape index (κ2) is 4.27. The number of nitriles is 1. The van der Waals surface area contributed by atoms with Crippen molar-refractivity contribution in [1.82, 2.24) is 0 Å². The Bertz CT molecular complexity index is 421. The maximum absolute atomic E-state index is 10.7. The molecule has 0 bridgehead atoms. The van der Waals surface area contributed by atoms with E-state index in [1.165, 1.54) is 5.56 Å². The van der Waals surface area contributed by atoms with E-state index in [0.29, 0.717) is 6.42 Å². The lowest BCUT2D eigenvalue weighted by molar-refractivity contribution is -0.00551. The molecule has 0 radical (unpaired) electrons. The third-order valence-electron chi connectivity index (χ3n) is 3.65. The maximum Gasteiger partial charge on any atom is 0.105 e. The predicted octanol–water partition coefficient (Wildman–Crippen LogP) is 2.76. The van der Waals surface area contributed by atoms with E-state index in [9.17, 15) is 5.11 Å². The zero-order valence-corrected chi connectivity index (χ0v) is 9.61. The van der Waals surface area contributed by atoms with Crippen LogP contribution in [0, 0.1) is 17.2 Å². The normalized spacial score (nSPS) is 26.3. The van der Waals surface area contributed by atoms with Gasteiger partial charge >= 0.3 is 0 Å². The van der Waals surface area contributed by atoms with Crippen molar-refractivity contribution >= 4 is 0 Å². The van der Waals surface area contributed by atoms with E-state index in [0.717, 1.165) is 24.8 Å². The minimum atomic E-state index is -0.957. The Hall–Kier alpha value is -1.33. The van der Waals surface area contributed by atoms with Crippen LogP contribution < -0.4 is 0 Å². The van der Waals surface area contributed by atoms with Crippen LogP contribution in [0.15, 0.2) is 24.3 Å². The predicted molar refractivity (Wildman–Crippen MR) is 62.7 cm³/mol. The standard InChI is InChI=1S/C14H17NO/c1-11(10-15)14(16)9-5-4-7-12-6-2-3-8-13(12)14/h2-3,6,8,11,16H,4-5,7,9H2,1H3. The van der Waals surface area contributed by atoms with Gasteiger partial charge < -0.3 is 5.11 Å². The molecule has 0 aromatic heterocycles. The molecule has 1 aliphatic carbocycles. The number of rotatable bonds is 1. The van der Waals surface area contributed by atoms with E-state index in [-0.39, 0.29) is 5.92 Å². The molecular weight excluding hydrogens is 198 g/mol. The zero-order chi connectivity index (χ0) is 11.6. The molecule has 0 heterocycles. The molecule has 0 spiro atoms. The fourth-order valence-corrected chi connectivity index (χ4v) is 2.56. The summed E-state index contributed by atoms with van der Waals surface area (Å²) in [5.74, 6) is -0.355. The summed E-state index contributed by atoms with van der Waals surface area (Å²) in [6.45, 7) is 1.81.